The Morgan fingerprint density at radius 2 is 1.79 bits per heavy atom. The predicted molar refractivity (Wildman–Crippen MR) is 69.2 cm³/mol. The second kappa shape index (κ2) is 6.62. The van der Waals surface area contributed by atoms with E-state index in [9.17, 15) is 0 Å². The summed E-state index contributed by atoms with van der Waals surface area (Å²) in [5, 5.41) is 0. The van der Waals surface area contributed by atoms with Crippen molar-refractivity contribution in [2.75, 3.05) is 0 Å². The molecule has 0 aromatic carbocycles. The van der Waals surface area contributed by atoms with Crippen LogP contribution in [-0.4, -0.2) is 0 Å². The van der Waals surface area contributed by atoms with Crippen molar-refractivity contribution in [2.24, 2.45) is 0 Å². The lowest BCUT2D eigenvalue weighted by molar-refractivity contribution is 0.768. The number of aryl methyl sites for hydroxylation is 2. The van der Waals surface area contributed by atoms with Crippen molar-refractivity contribution in [3.05, 3.63) is 20.3 Å². The first-order valence-corrected chi connectivity index (χ1v) is 7.16. The number of thiophene rings is 1. The number of rotatable bonds is 6. The van der Waals surface area contributed by atoms with E-state index >= 15 is 0 Å². The first-order valence-electron chi connectivity index (χ1n) is 5.55. The molecule has 2 heteroatoms. The van der Waals surface area contributed by atoms with Crippen LogP contribution in [0.4, 0.5) is 0 Å². The van der Waals surface area contributed by atoms with Gasteiger partial charge in [0.05, 0.1) is 3.79 Å². The summed E-state index contributed by atoms with van der Waals surface area (Å²) in [6.45, 7) is 4.52. The fourth-order valence-corrected chi connectivity index (χ4v) is 3.40. The predicted octanol–water partition coefficient (Wildman–Crippen LogP) is 5.20. The third-order valence-electron chi connectivity index (χ3n) is 2.42. The topological polar surface area (TPSA) is 0 Å². The molecule has 14 heavy (non-hydrogen) atoms. The maximum Gasteiger partial charge on any atom is 0.0704 e. The summed E-state index contributed by atoms with van der Waals surface area (Å²) in [7, 11) is 0. The lowest BCUT2D eigenvalue weighted by Crippen LogP contribution is -1.88. The third kappa shape index (κ3) is 3.74. The molecule has 0 nitrogen and oxygen atoms in total. The zero-order valence-corrected chi connectivity index (χ0v) is 11.5. The summed E-state index contributed by atoms with van der Waals surface area (Å²) in [5.74, 6) is 0. The van der Waals surface area contributed by atoms with Gasteiger partial charge >= 0.3 is 0 Å². The van der Waals surface area contributed by atoms with Gasteiger partial charge in [0.25, 0.3) is 0 Å². The van der Waals surface area contributed by atoms with Crippen LogP contribution in [0.1, 0.15) is 50.0 Å². The van der Waals surface area contributed by atoms with Crippen LogP contribution in [-0.2, 0) is 12.8 Å². The van der Waals surface area contributed by atoms with Crippen molar-refractivity contribution in [3.63, 3.8) is 0 Å². The van der Waals surface area contributed by atoms with Crippen molar-refractivity contribution in [2.45, 2.75) is 52.4 Å². The van der Waals surface area contributed by atoms with Gasteiger partial charge in [0.1, 0.15) is 0 Å². The van der Waals surface area contributed by atoms with Crippen molar-refractivity contribution >= 4 is 27.3 Å². The quantitative estimate of drug-likeness (QED) is 0.669. The Morgan fingerprint density at radius 1 is 1.14 bits per heavy atom. The molecule has 0 unspecified atom stereocenters. The molecule has 1 aromatic rings. The van der Waals surface area contributed by atoms with Crippen LogP contribution in [0.15, 0.2) is 9.85 Å². The lowest BCUT2D eigenvalue weighted by atomic mass is 10.1. The van der Waals surface area contributed by atoms with Crippen LogP contribution >= 0.6 is 27.3 Å². The van der Waals surface area contributed by atoms with Gasteiger partial charge in [-0.25, -0.2) is 0 Å². The fraction of sp³-hybridized carbons (Fsp3) is 0.667. The molecular formula is C12H19BrS. The van der Waals surface area contributed by atoms with Crippen molar-refractivity contribution in [1.82, 2.24) is 0 Å². The summed E-state index contributed by atoms with van der Waals surface area (Å²) in [6, 6.07) is 2.31. The number of hydrogen-bond donors (Lipinski definition) is 0. The Labute approximate surface area is 99.9 Å². The average molecular weight is 275 g/mol. The minimum absolute atomic E-state index is 1.26. The van der Waals surface area contributed by atoms with Gasteiger partial charge in [-0.05, 0) is 53.2 Å². The van der Waals surface area contributed by atoms with Gasteiger partial charge in [-0.15, -0.1) is 11.3 Å². The van der Waals surface area contributed by atoms with E-state index in [0.717, 1.165) is 0 Å². The molecule has 0 aliphatic heterocycles. The molecule has 80 valence electrons. The zero-order chi connectivity index (χ0) is 10.4. The van der Waals surface area contributed by atoms with Crippen LogP contribution in [0.3, 0.4) is 0 Å². The minimum atomic E-state index is 1.26. The van der Waals surface area contributed by atoms with Crippen LogP contribution in [0, 0.1) is 0 Å². The second-order valence-corrected chi connectivity index (χ2v) is 6.22. The highest BCUT2D eigenvalue weighted by atomic mass is 79.9. The fourth-order valence-electron chi connectivity index (χ4n) is 1.56. The molecule has 0 fully saturated rings. The largest absolute Gasteiger partial charge is 0.133 e. The molecule has 0 aliphatic rings. The van der Waals surface area contributed by atoms with Gasteiger partial charge in [-0.1, -0.05) is 26.7 Å². The highest BCUT2D eigenvalue weighted by molar-refractivity contribution is 9.11. The summed E-state index contributed by atoms with van der Waals surface area (Å²) in [6.07, 6.45) is 7.77. The van der Waals surface area contributed by atoms with Crippen LogP contribution in [0.25, 0.3) is 0 Å². The molecule has 0 spiro atoms. The SMILES string of the molecule is CCCCc1cc(Br)sc1CCCC. The highest BCUT2D eigenvalue weighted by Crippen LogP contribution is 2.29. The first-order chi connectivity index (χ1) is 6.77. The van der Waals surface area contributed by atoms with Gasteiger partial charge in [0, 0.05) is 4.88 Å². The Kier molecular flexibility index (Phi) is 5.80. The molecule has 0 radical (unpaired) electrons. The van der Waals surface area contributed by atoms with Gasteiger partial charge in [0.15, 0.2) is 0 Å². The Balaban J connectivity index is 2.60. The van der Waals surface area contributed by atoms with E-state index in [1.807, 2.05) is 11.3 Å². The molecule has 0 bridgehead atoms. The second-order valence-electron chi connectivity index (χ2n) is 3.71. The number of hydrogen-bond acceptors (Lipinski definition) is 1. The summed E-state index contributed by atoms with van der Waals surface area (Å²) < 4.78 is 1.30. The van der Waals surface area contributed by atoms with E-state index in [1.54, 1.807) is 10.4 Å². The smallest absolute Gasteiger partial charge is 0.0704 e. The molecule has 1 aromatic heterocycles. The third-order valence-corrected chi connectivity index (χ3v) is 4.16. The molecule has 1 heterocycles. The minimum Gasteiger partial charge on any atom is -0.133 e. The van der Waals surface area contributed by atoms with Crippen LogP contribution in [0.2, 0.25) is 0 Å². The standard InChI is InChI=1S/C12H19BrS/c1-3-5-7-10-9-12(13)14-11(10)8-6-4-2/h9H,3-8H2,1-2H3. The first kappa shape index (κ1) is 12.3. The van der Waals surface area contributed by atoms with E-state index in [1.165, 1.54) is 42.3 Å². The summed E-state index contributed by atoms with van der Waals surface area (Å²) in [5.41, 5.74) is 1.58. The maximum atomic E-state index is 3.59. The molecule has 0 saturated heterocycles. The van der Waals surface area contributed by atoms with Gasteiger partial charge < -0.3 is 0 Å². The molecule has 0 N–H and O–H groups in total. The normalized spacial score (nSPS) is 10.8. The van der Waals surface area contributed by atoms with E-state index in [0.29, 0.717) is 0 Å². The van der Waals surface area contributed by atoms with Crippen LogP contribution < -0.4 is 0 Å². The Hall–Kier alpha value is 0.180. The average Bonchev–Trinajstić information content (AvgIpc) is 2.52. The number of unbranched alkanes of at least 4 members (excludes halogenated alkanes) is 2. The maximum absolute atomic E-state index is 3.59. The van der Waals surface area contributed by atoms with Gasteiger partial charge in [0.2, 0.25) is 0 Å². The molecule has 0 amide bonds. The van der Waals surface area contributed by atoms with E-state index in [-0.39, 0.29) is 0 Å². The van der Waals surface area contributed by atoms with Crippen LogP contribution in [0.5, 0.6) is 0 Å². The molecule has 0 saturated carbocycles. The zero-order valence-electron chi connectivity index (χ0n) is 9.11. The van der Waals surface area contributed by atoms with Gasteiger partial charge in [-0.2, -0.15) is 0 Å². The monoisotopic (exact) mass is 274 g/mol. The molecular weight excluding hydrogens is 256 g/mol. The van der Waals surface area contributed by atoms with Crippen molar-refractivity contribution in [3.8, 4) is 0 Å². The summed E-state index contributed by atoms with van der Waals surface area (Å²) >= 11 is 5.51. The highest BCUT2D eigenvalue weighted by Gasteiger charge is 2.06. The van der Waals surface area contributed by atoms with Crippen molar-refractivity contribution in [1.29, 1.82) is 0 Å². The molecule has 0 aliphatic carbocycles. The van der Waals surface area contributed by atoms with E-state index in [2.05, 4.69) is 35.8 Å². The summed E-state index contributed by atoms with van der Waals surface area (Å²) in [4.78, 5) is 1.60. The van der Waals surface area contributed by atoms with Gasteiger partial charge in [-0.3, -0.25) is 0 Å². The van der Waals surface area contributed by atoms with E-state index < -0.39 is 0 Å². The molecule has 1 rings (SSSR count). The van der Waals surface area contributed by atoms with Crippen molar-refractivity contribution < 1.29 is 0 Å². The van der Waals surface area contributed by atoms with E-state index in [4.69, 9.17) is 0 Å². The Bertz CT molecular complexity index is 240. The number of halogens is 1. The Morgan fingerprint density at radius 3 is 2.43 bits per heavy atom. The molecule has 0 atom stereocenters. The lowest BCUT2D eigenvalue weighted by Gasteiger charge is -2.01.